The Hall–Kier alpha value is -3.17. The number of benzene rings is 2. The number of aryl methyl sites for hydroxylation is 1. The highest BCUT2D eigenvalue weighted by Crippen LogP contribution is 2.31. The number of halogens is 3. The Morgan fingerprint density at radius 2 is 1.87 bits per heavy atom. The van der Waals surface area contributed by atoms with Gasteiger partial charge in [-0.15, -0.1) is 0 Å². The van der Waals surface area contributed by atoms with E-state index in [9.17, 15) is 26.1 Å². The third-order valence-corrected chi connectivity index (χ3v) is 8.79. The molecule has 4 aromatic rings. The summed E-state index contributed by atoms with van der Waals surface area (Å²) in [6.45, 7) is 1.31. The number of rotatable bonds is 9. The third-order valence-electron chi connectivity index (χ3n) is 5.61. The zero-order valence-corrected chi connectivity index (χ0v) is 21.7. The molecule has 4 rings (SSSR count). The summed E-state index contributed by atoms with van der Waals surface area (Å²) in [5.41, 5.74) is 1.65. The van der Waals surface area contributed by atoms with Gasteiger partial charge in [0.2, 0.25) is 0 Å². The fourth-order valence-corrected chi connectivity index (χ4v) is 7.08. The van der Waals surface area contributed by atoms with Crippen molar-refractivity contribution in [2.75, 3.05) is 6.61 Å². The van der Waals surface area contributed by atoms with Gasteiger partial charge in [-0.2, -0.15) is 22.1 Å². The summed E-state index contributed by atoms with van der Waals surface area (Å²) in [5.74, 6) is -0.408. The van der Waals surface area contributed by atoms with Crippen LogP contribution in [0, 0.1) is 13.8 Å². The average Bonchev–Trinajstić information content (AvgIpc) is 3.26. The minimum atomic E-state index is -4.54. The highest BCUT2D eigenvalue weighted by molar-refractivity contribution is 7.93. The predicted octanol–water partition coefficient (Wildman–Crippen LogP) is 4.52. The molecule has 0 aliphatic heterocycles. The molecule has 0 aliphatic rings. The van der Waals surface area contributed by atoms with E-state index >= 15 is 0 Å². The molecular formula is C24H22F3N3O6S2. The number of alkyl halides is 3. The van der Waals surface area contributed by atoms with E-state index in [0.29, 0.717) is 11.1 Å². The molecule has 0 fully saturated rings. The van der Waals surface area contributed by atoms with Gasteiger partial charge in [0.1, 0.15) is 12.4 Å². The monoisotopic (exact) mass is 569 g/mol. The van der Waals surface area contributed by atoms with Crippen molar-refractivity contribution >= 4 is 32.2 Å². The average molecular weight is 570 g/mol. The van der Waals surface area contributed by atoms with E-state index in [0.717, 1.165) is 3.97 Å². The molecule has 202 valence electrons. The van der Waals surface area contributed by atoms with Crippen molar-refractivity contribution in [2.24, 2.45) is 0 Å². The molecule has 9 nitrogen and oxygen atoms in total. The molecule has 0 saturated heterocycles. The highest BCUT2D eigenvalue weighted by Gasteiger charge is 2.33. The summed E-state index contributed by atoms with van der Waals surface area (Å²) in [6.07, 6.45) is -3.32. The van der Waals surface area contributed by atoms with Gasteiger partial charge in [0.25, 0.3) is 10.0 Å². The number of imidazole rings is 1. The molecule has 0 amide bonds. The van der Waals surface area contributed by atoms with Crippen LogP contribution in [0.5, 0.6) is 5.75 Å². The van der Waals surface area contributed by atoms with Gasteiger partial charge in [-0.05, 0) is 49.2 Å². The molecule has 0 spiro atoms. The van der Waals surface area contributed by atoms with Crippen molar-refractivity contribution in [1.29, 1.82) is 0 Å². The van der Waals surface area contributed by atoms with Gasteiger partial charge in [-0.25, -0.2) is 13.3 Å². The first kappa shape index (κ1) is 27.9. The van der Waals surface area contributed by atoms with Crippen molar-refractivity contribution in [3.8, 4) is 5.75 Å². The van der Waals surface area contributed by atoms with Crippen LogP contribution in [0.4, 0.5) is 13.2 Å². The first-order valence-electron chi connectivity index (χ1n) is 11.0. The van der Waals surface area contributed by atoms with E-state index in [1.807, 2.05) is 0 Å². The standard InChI is InChI=1S/C24H22F3N3O6S2/c1-15-7-8-17(12-36-31)11-22(15)38(33,34)30-20-6-4-3-5-18(20)29-23(30)37(32)13-19-16(2)21(9-10-28-19)35-14-24(25,26)27/h3-11,31H,12-14H2,1-2H3. The predicted molar refractivity (Wildman–Crippen MR) is 132 cm³/mol. The molecule has 0 aliphatic carbocycles. The van der Waals surface area contributed by atoms with E-state index in [2.05, 4.69) is 14.9 Å². The molecule has 38 heavy (non-hydrogen) atoms. The minimum Gasteiger partial charge on any atom is -0.609 e. The molecule has 0 radical (unpaired) electrons. The molecule has 0 bridgehead atoms. The van der Waals surface area contributed by atoms with Gasteiger partial charge >= 0.3 is 11.3 Å². The second kappa shape index (κ2) is 10.9. The van der Waals surface area contributed by atoms with Crippen molar-refractivity contribution in [2.45, 2.75) is 42.4 Å². The van der Waals surface area contributed by atoms with Gasteiger partial charge in [0, 0.05) is 22.9 Å². The van der Waals surface area contributed by atoms with Crippen molar-refractivity contribution in [1.82, 2.24) is 13.9 Å². The first-order valence-corrected chi connectivity index (χ1v) is 13.8. The number of para-hydroxylation sites is 2. The molecule has 1 N–H and O–H groups in total. The Balaban J connectivity index is 1.78. The Labute approximate surface area is 219 Å². The largest absolute Gasteiger partial charge is 0.609 e. The van der Waals surface area contributed by atoms with Crippen molar-refractivity contribution in [3.05, 3.63) is 77.1 Å². The van der Waals surface area contributed by atoms with E-state index < -0.39 is 34.0 Å². The highest BCUT2D eigenvalue weighted by atomic mass is 32.2. The normalized spacial score (nSPS) is 13.1. The summed E-state index contributed by atoms with van der Waals surface area (Å²) >= 11 is -2.09. The summed E-state index contributed by atoms with van der Waals surface area (Å²) < 4.78 is 85.0. The summed E-state index contributed by atoms with van der Waals surface area (Å²) in [6, 6.07) is 12.1. The molecule has 1 atom stereocenters. The van der Waals surface area contributed by atoms with Gasteiger partial charge in [-0.3, -0.25) is 10.2 Å². The molecule has 0 saturated carbocycles. The maximum atomic E-state index is 13.9. The lowest BCUT2D eigenvalue weighted by molar-refractivity contribution is -0.253. The third kappa shape index (κ3) is 5.78. The second-order valence-electron chi connectivity index (χ2n) is 8.30. The molecule has 2 aromatic heterocycles. The van der Waals surface area contributed by atoms with Crippen LogP contribution in [0.3, 0.4) is 0 Å². The molecule has 1 unspecified atom stereocenters. The summed E-state index contributed by atoms with van der Waals surface area (Å²) in [4.78, 5) is 12.5. The van der Waals surface area contributed by atoms with Crippen LogP contribution in [0.15, 0.2) is 64.8 Å². The van der Waals surface area contributed by atoms with E-state index in [4.69, 9.17) is 9.99 Å². The van der Waals surface area contributed by atoms with Crippen molar-refractivity contribution in [3.63, 3.8) is 0 Å². The van der Waals surface area contributed by atoms with Crippen LogP contribution in [0.1, 0.15) is 22.4 Å². The van der Waals surface area contributed by atoms with Gasteiger partial charge < -0.3 is 9.29 Å². The first-order chi connectivity index (χ1) is 17.9. The van der Waals surface area contributed by atoms with E-state index in [1.54, 1.807) is 37.3 Å². The van der Waals surface area contributed by atoms with E-state index in [-0.39, 0.29) is 50.5 Å². The van der Waals surface area contributed by atoms with Crippen LogP contribution in [0.2, 0.25) is 0 Å². The number of nitrogens with zero attached hydrogens (tertiary/aromatic N) is 3. The maximum absolute atomic E-state index is 13.9. The SMILES string of the molecule is Cc1ccc(COO)cc1S(=O)(=O)n1c([S+]([O-])Cc2nccc(OCC(F)(F)F)c2C)nc2ccccc21. The second-order valence-corrected chi connectivity index (χ2v) is 11.4. The Morgan fingerprint density at radius 3 is 2.58 bits per heavy atom. The summed E-state index contributed by atoms with van der Waals surface area (Å²) in [5, 5.41) is 8.52. The smallest absolute Gasteiger partial charge is 0.422 e. The lowest BCUT2D eigenvalue weighted by Crippen LogP contribution is -2.22. The topological polar surface area (TPSA) is 127 Å². The van der Waals surface area contributed by atoms with Crippen LogP contribution >= 0.6 is 0 Å². The van der Waals surface area contributed by atoms with Crippen LogP contribution < -0.4 is 4.74 Å². The number of hydrogen-bond acceptors (Lipinski definition) is 8. The van der Waals surface area contributed by atoms with Crippen molar-refractivity contribution < 1.29 is 41.0 Å². The summed E-state index contributed by atoms with van der Waals surface area (Å²) in [7, 11) is -4.35. The lowest BCUT2D eigenvalue weighted by atomic mass is 10.2. The minimum absolute atomic E-state index is 0.0796. The zero-order valence-electron chi connectivity index (χ0n) is 20.1. The Kier molecular flexibility index (Phi) is 7.99. The van der Waals surface area contributed by atoms with Gasteiger partial charge in [0.15, 0.2) is 12.4 Å². The maximum Gasteiger partial charge on any atom is 0.422 e. The number of pyridine rings is 1. The van der Waals surface area contributed by atoms with Crippen LogP contribution in [0.25, 0.3) is 11.0 Å². The number of fused-ring (bicyclic) bond motifs is 1. The number of aromatic nitrogens is 3. The van der Waals surface area contributed by atoms with E-state index in [1.165, 1.54) is 31.3 Å². The molecule has 14 heteroatoms. The fourth-order valence-electron chi connectivity index (χ4n) is 3.75. The Morgan fingerprint density at radius 1 is 1.13 bits per heavy atom. The fraction of sp³-hybridized carbons (Fsp3) is 0.250. The molecule has 2 heterocycles. The van der Waals surface area contributed by atoms with Gasteiger partial charge in [0.05, 0.1) is 21.6 Å². The number of hydrogen-bond donors (Lipinski definition) is 1. The Bertz CT molecular complexity index is 1570. The van der Waals surface area contributed by atoms with Crippen LogP contribution in [-0.4, -0.2) is 45.0 Å². The zero-order chi connectivity index (χ0) is 27.7. The molecular weight excluding hydrogens is 547 g/mol. The number of ether oxygens (including phenoxy) is 1. The molecule has 2 aromatic carbocycles. The van der Waals surface area contributed by atoms with Gasteiger partial charge in [-0.1, -0.05) is 24.3 Å². The lowest BCUT2D eigenvalue weighted by Gasteiger charge is -2.16. The van der Waals surface area contributed by atoms with Crippen LogP contribution in [-0.2, 0) is 38.4 Å². The quantitative estimate of drug-likeness (QED) is 0.177.